The lowest BCUT2D eigenvalue weighted by Gasteiger charge is -2.20. The Balaban J connectivity index is 2.27. The average molecular weight is 266 g/mol. The monoisotopic (exact) mass is 266 g/mol. The van der Waals surface area contributed by atoms with Crippen LogP contribution in [0.25, 0.3) is 0 Å². The lowest BCUT2D eigenvalue weighted by molar-refractivity contribution is -0.147. The third kappa shape index (κ3) is 2.38. The molecule has 0 aromatic rings. The number of carbonyl (C=O) groups is 3. The fourth-order valence-electron chi connectivity index (χ4n) is 1.91. The summed E-state index contributed by atoms with van der Waals surface area (Å²) in [7, 11) is 0. The Morgan fingerprint density at radius 3 is 2.68 bits per heavy atom. The van der Waals surface area contributed by atoms with Crippen molar-refractivity contribution in [2.45, 2.75) is 38.4 Å². The first-order valence-electron chi connectivity index (χ1n) is 5.96. The molecule has 19 heavy (non-hydrogen) atoms. The normalized spacial score (nSPS) is 33.5. The number of ether oxygens (including phenoxy) is 2. The van der Waals surface area contributed by atoms with E-state index < -0.39 is 35.8 Å². The van der Waals surface area contributed by atoms with Crippen molar-refractivity contribution in [3.05, 3.63) is 23.5 Å². The second-order valence-corrected chi connectivity index (χ2v) is 4.70. The molecule has 2 aliphatic rings. The van der Waals surface area contributed by atoms with Crippen LogP contribution in [-0.4, -0.2) is 34.5 Å². The van der Waals surface area contributed by atoms with Gasteiger partial charge < -0.3 is 14.6 Å². The van der Waals surface area contributed by atoms with E-state index in [1.807, 2.05) is 13.8 Å². The van der Waals surface area contributed by atoms with Crippen molar-refractivity contribution >= 4 is 17.7 Å². The van der Waals surface area contributed by atoms with E-state index in [2.05, 4.69) is 0 Å². The van der Waals surface area contributed by atoms with Gasteiger partial charge in [-0.15, -0.1) is 0 Å². The minimum absolute atomic E-state index is 0.159. The van der Waals surface area contributed by atoms with Gasteiger partial charge in [-0.05, 0) is 25.5 Å². The smallest absolute Gasteiger partial charge is 0.346 e. The number of hydrogen-bond acceptors (Lipinski definition) is 5. The molecule has 6 nitrogen and oxygen atoms in total. The third-order valence-electron chi connectivity index (χ3n) is 3.23. The highest BCUT2D eigenvalue weighted by Gasteiger charge is 2.44. The molecule has 2 aliphatic heterocycles. The molecule has 1 fully saturated rings. The van der Waals surface area contributed by atoms with E-state index in [9.17, 15) is 14.4 Å². The SMILES string of the molecule is CCC1(C)C=C/C(=C2/C(=O)OC(CC(=O)O)C2=O)O1. The lowest BCUT2D eigenvalue weighted by Crippen LogP contribution is -2.22. The topological polar surface area (TPSA) is 89.9 Å². The Hall–Kier alpha value is -2.11. The summed E-state index contributed by atoms with van der Waals surface area (Å²) in [5.74, 6) is -2.49. The molecule has 0 saturated carbocycles. The van der Waals surface area contributed by atoms with Crippen molar-refractivity contribution in [1.82, 2.24) is 0 Å². The zero-order valence-electron chi connectivity index (χ0n) is 10.6. The summed E-state index contributed by atoms with van der Waals surface area (Å²) >= 11 is 0. The van der Waals surface area contributed by atoms with Gasteiger partial charge in [-0.2, -0.15) is 0 Å². The number of hydrogen-bond donors (Lipinski definition) is 1. The molecule has 0 aromatic heterocycles. The van der Waals surface area contributed by atoms with Crippen molar-refractivity contribution in [2.75, 3.05) is 0 Å². The fraction of sp³-hybridized carbons (Fsp3) is 0.462. The second kappa shape index (κ2) is 4.53. The van der Waals surface area contributed by atoms with Crippen LogP contribution in [0.5, 0.6) is 0 Å². The minimum Gasteiger partial charge on any atom is -0.482 e. The summed E-state index contributed by atoms with van der Waals surface area (Å²) in [6.45, 7) is 3.75. The van der Waals surface area contributed by atoms with Crippen LogP contribution in [0.3, 0.4) is 0 Å². The Labute approximate surface area is 109 Å². The first-order valence-corrected chi connectivity index (χ1v) is 5.96. The zero-order valence-corrected chi connectivity index (χ0v) is 10.6. The quantitative estimate of drug-likeness (QED) is 0.465. The molecule has 2 heterocycles. The molecule has 0 aliphatic carbocycles. The van der Waals surface area contributed by atoms with Gasteiger partial charge in [0.1, 0.15) is 16.9 Å². The molecule has 102 valence electrons. The summed E-state index contributed by atoms with van der Waals surface area (Å²) in [6.07, 6.45) is 2.22. The van der Waals surface area contributed by atoms with Crippen molar-refractivity contribution in [3.63, 3.8) is 0 Å². The van der Waals surface area contributed by atoms with E-state index in [1.54, 1.807) is 12.2 Å². The number of esters is 1. The number of carbonyl (C=O) groups excluding carboxylic acids is 2. The van der Waals surface area contributed by atoms with Crippen LogP contribution >= 0.6 is 0 Å². The van der Waals surface area contributed by atoms with E-state index in [4.69, 9.17) is 14.6 Å². The molecule has 2 atom stereocenters. The molecule has 1 saturated heterocycles. The molecule has 0 aromatic carbocycles. The molecule has 0 radical (unpaired) electrons. The van der Waals surface area contributed by atoms with Crippen LogP contribution in [-0.2, 0) is 23.9 Å². The van der Waals surface area contributed by atoms with Crippen LogP contribution in [0.15, 0.2) is 23.5 Å². The Morgan fingerprint density at radius 1 is 1.47 bits per heavy atom. The third-order valence-corrected chi connectivity index (χ3v) is 3.23. The van der Waals surface area contributed by atoms with Gasteiger partial charge in [0, 0.05) is 0 Å². The summed E-state index contributed by atoms with van der Waals surface area (Å²) in [4.78, 5) is 34.2. The van der Waals surface area contributed by atoms with Crippen molar-refractivity contribution < 1.29 is 29.0 Å². The van der Waals surface area contributed by atoms with E-state index >= 15 is 0 Å². The first kappa shape index (κ1) is 13.3. The Morgan fingerprint density at radius 2 is 2.16 bits per heavy atom. The number of allylic oxidation sites excluding steroid dienone is 1. The Bertz CT molecular complexity index is 515. The molecule has 0 amide bonds. The van der Waals surface area contributed by atoms with Gasteiger partial charge in [-0.1, -0.05) is 6.92 Å². The summed E-state index contributed by atoms with van der Waals surface area (Å²) < 4.78 is 10.3. The fourth-order valence-corrected chi connectivity index (χ4v) is 1.91. The number of carboxylic acids is 1. The molecular weight excluding hydrogens is 252 g/mol. The number of cyclic esters (lactones) is 1. The largest absolute Gasteiger partial charge is 0.482 e. The second-order valence-electron chi connectivity index (χ2n) is 4.70. The molecule has 2 rings (SSSR count). The standard InChI is InChI=1S/C13H14O6/c1-3-13(2)5-4-7(19-13)10-11(16)8(6-9(14)15)18-12(10)17/h4-5,8H,3,6H2,1-2H3,(H,14,15)/b10-7-. The van der Waals surface area contributed by atoms with Gasteiger partial charge in [0.05, 0.1) is 6.42 Å². The van der Waals surface area contributed by atoms with Gasteiger partial charge in [0.15, 0.2) is 6.10 Å². The number of rotatable bonds is 3. The maximum Gasteiger partial charge on any atom is 0.346 e. The van der Waals surface area contributed by atoms with E-state index in [0.717, 1.165) is 0 Å². The number of Topliss-reactive ketones (excluding diaryl/α,β-unsaturated/α-hetero) is 1. The van der Waals surface area contributed by atoms with Crippen molar-refractivity contribution in [3.8, 4) is 0 Å². The van der Waals surface area contributed by atoms with E-state index in [0.29, 0.717) is 6.42 Å². The highest BCUT2D eigenvalue weighted by molar-refractivity contribution is 6.24. The predicted octanol–water partition coefficient (Wildman–Crippen LogP) is 0.965. The van der Waals surface area contributed by atoms with Crippen LogP contribution in [0.2, 0.25) is 0 Å². The molecule has 0 bridgehead atoms. The number of carboxylic acid groups (broad SMARTS) is 1. The van der Waals surface area contributed by atoms with Gasteiger partial charge in [-0.3, -0.25) is 9.59 Å². The van der Waals surface area contributed by atoms with Gasteiger partial charge in [0.2, 0.25) is 5.78 Å². The van der Waals surface area contributed by atoms with Crippen LogP contribution < -0.4 is 0 Å². The van der Waals surface area contributed by atoms with E-state index in [-0.39, 0.29) is 11.3 Å². The lowest BCUT2D eigenvalue weighted by atomic mass is 10.0. The van der Waals surface area contributed by atoms with E-state index in [1.165, 1.54) is 0 Å². The molecular formula is C13H14O6. The van der Waals surface area contributed by atoms with Gasteiger partial charge >= 0.3 is 11.9 Å². The summed E-state index contributed by atoms with van der Waals surface area (Å²) in [5, 5.41) is 8.65. The first-order chi connectivity index (χ1) is 8.86. The number of ketones is 1. The van der Waals surface area contributed by atoms with Crippen molar-refractivity contribution in [2.24, 2.45) is 0 Å². The summed E-state index contributed by atoms with van der Waals surface area (Å²) in [5.41, 5.74) is -0.743. The molecule has 6 heteroatoms. The molecule has 1 N–H and O–H groups in total. The Kier molecular flexibility index (Phi) is 3.18. The van der Waals surface area contributed by atoms with Gasteiger partial charge in [0.25, 0.3) is 0 Å². The van der Waals surface area contributed by atoms with Crippen LogP contribution in [0.4, 0.5) is 0 Å². The number of aliphatic carboxylic acids is 1. The highest BCUT2D eigenvalue weighted by atomic mass is 16.6. The predicted molar refractivity (Wildman–Crippen MR) is 63.1 cm³/mol. The average Bonchev–Trinajstić information content (AvgIpc) is 2.82. The van der Waals surface area contributed by atoms with Crippen molar-refractivity contribution in [1.29, 1.82) is 0 Å². The van der Waals surface area contributed by atoms with Gasteiger partial charge in [-0.25, -0.2) is 4.79 Å². The zero-order chi connectivity index (χ0) is 14.2. The molecule has 2 unspecified atom stereocenters. The maximum atomic E-state index is 12.0. The van der Waals surface area contributed by atoms with Crippen LogP contribution in [0.1, 0.15) is 26.7 Å². The van der Waals surface area contributed by atoms with Crippen LogP contribution in [0, 0.1) is 0 Å². The highest BCUT2D eigenvalue weighted by Crippen LogP contribution is 2.33. The summed E-state index contributed by atoms with van der Waals surface area (Å²) in [6, 6.07) is 0. The maximum absolute atomic E-state index is 12.0. The molecule has 0 spiro atoms. The minimum atomic E-state index is -1.25.